The van der Waals surface area contributed by atoms with Crippen LogP contribution in [0, 0.1) is 0 Å². The Morgan fingerprint density at radius 2 is 2.12 bits per heavy atom. The van der Waals surface area contributed by atoms with Gasteiger partial charge >= 0.3 is 11.9 Å². The Labute approximate surface area is 102 Å². The molecule has 0 aliphatic heterocycles. The van der Waals surface area contributed by atoms with E-state index in [4.69, 9.17) is 0 Å². The van der Waals surface area contributed by atoms with Crippen molar-refractivity contribution in [1.82, 2.24) is 0 Å². The van der Waals surface area contributed by atoms with Crippen molar-refractivity contribution in [2.75, 3.05) is 12.4 Å². The number of methoxy groups -OCH3 is 1. The van der Waals surface area contributed by atoms with Crippen LogP contribution < -0.4 is 5.32 Å². The van der Waals surface area contributed by atoms with Gasteiger partial charge in [0, 0.05) is 10.2 Å². The van der Waals surface area contributed by atoms with E-state index in [-0.39, 0.29) is 0 Å². The third-order valence-corrected chi connectivity index (χ3v) is 2.56. The van der Waals surface area contributed by atoms with Crippen molar-refractivity contribution < 1.29 is 14.3 Å². The van der Waals surface area contributed by atoms with Crippen molar-refractivity contribution >= 4 is 33.5 Å². The first-order valence-corrected chi connectivity index (χ1v) is 5.55. The summed E-state index contributed by atoms with van der Waals surface area (Å²) in [5.74, 6) is -1.66. The maximum Gasteiger partial charge on any atom is 0.396 e. The van der Waals surface area contributed by atoms with Crippen LogP contribution in [-0.2, 0) is 20.7 Å². The molecule has 0 aliphatic rings. The molecule has 0 aliphatic carbocycles. The summed E-state index contributed by atoms with van der Waals surface area (Å²) < 4.78 is 5.25. The van der Waals surface area contributed by atoms with Crippen LogP contribution in [0.1, 0.15) is 12.5 Å². The maximum atomic E-state index is 11.3. The number of benzene rings is 1. The Morgan fingerprint density at radius 3 is 2.69 bits per heavy atom. The highest BCUT2D eigenvalue weighted by atomic mass is 79.9. The summed E-state index contributed by atoms with van der Waals surface area (Å²) in [6.07, 6.45) is 0.760. The van der Waals surface area contributed by atoms with Gasteiger partial charge < -0.3 is 10.1 Å². The zero-order chi connectivity index (χ0) is 12.1. The Morgan fingerprint density at radius 1 is 1.44 bits per heavy atom. The number of aryl methyl sites for hydroxylation is 1. The molecule has 1 rings (SSSR count). The first-order chi connectivity index (χ1) is 7.58. The number of rotatable bonds is 2. The van der Waals surface area contributed by atoms with Gasteiger partial charge in [0.15, 0.2) is 0 Å². The number of carbonyl (C=O) groups excluding carboxylic acids is 2. The molecule has 5 heteroatoms. The summed E-state index contributed by atoms with van der Waals surface area (Å²) >= 11 is 3.34. The fourth-order valence-electron chi connectivity index (χ4n) is 1.24. The number of carbonyl (C=O) groups is 2. The van der Waals surface area contributed by atoms with Gasteiger partial charge in [-0.25, -0.2) is 4.79 Å². The fraction of sp³-hybridized carbons (Fsp3) is 0.273. The van der Waals surface area contributed by atoms with Gasteiger partial charge in [0.25, 0.3) is 0 Å². The smallest absolute Gasteiger partial charge is 0.396 e. The third-order valence-electron chi connectivity index (χ3n) is 2.07. The Balaban J connectivity index is 2.89. The number of ether oxygens (including phenoxy) is 1. The molecule has 0 fully saturated rings. The first kappa shape index (κ1) is 12.7. The Bertz CT molecular complexity index is 418. The second kappa shape index (κ2) is 5.65. The third kappa shape index (κ3) is 3.06. The summed E-state index contributed by atoms with van der Waals surface area (Å²) in [5, 5.41) is 2.51. The van der Waals surface area contributed by atoms with Crippen molar-refractivity contribution in [1.29, 1.82) is 0 Å². The van der Waals surface area contributed by atoms with E-state index in [2.05, 4.69) is 26.0 Å². The van der Waals surface area contributed by atoms with E-state index < -0.39 is 11.9 Å². The molecular formula is C11H12BrNO3. The molecular weight excluding hydrogens is 274 g/mol. The van der Waals surface area contributed by atoms with Crippen molar-refractivity contribution in [3.05, 3.63) is 28.2 Å². The van der Waals surface area contributed by atoms with E-state index in [1.54, 1.807) is 12.1 Å². The monoisotopic (exact) mass is 285 g/mol. The van der Waals surface area contributed by atoms with E-state index in [1.165, 1.54) is 7.11 Å². The summed E-state index contributed by atoms with van der Waals surface area (Å²) in [5.41, 5.74) is 1.58. The van der Waals surface area contributed by atoms with Crippen LogP contribution in [0.5, 0.6) is 0 Å². The minimum absolute atomic E-state index is 0.626. The predicted molar refractivity (Wildman–Crippen MR) is 64.2 cm³/mol. The second-order valence-electron chi connectivity index (χ2n) is 3.10. The molecule has 1 aromatic rings. The SMILES string of the molecule is CCc1cc(Br)ccc1NC(=O)C(=O)OC. The predicted octanol–water partition coefficient (Wildman–Crippen LogP) is 2.12. The first-order valence-electron chi connectivity index (χ1n) is 4.76. The van der Waals surface area contributed by atoms with Crippen LogP contribution in [0.25, 0.3) is 0 Å². The van der Waals surface area contributed by atoms with E-state index >= 15 is 0 Å². The van der Waals surface area contributed by atoms with E-state index in [0.29, 0.717) is 5.69 Å². The molecule has 0 heterocycles. The zero-order valence-corrected chi connectivity index (χ0v) is 10.6. The number of hydrogen-bond acceptors (Lipinski definition) is 3. The molecule has 0 atom stereocenters. The quantitative estimate of drug-likeness (QED) is 0.669. The molecule has 1 aromatic carbocycles. The molecule has 86 valence electrons. The van der Waals surface area contributed by atoms with E-state index in [9.17, 15) is 9.59 Å². The lowest BCUT2D eigenvalue weighted by Crippen LogP contribution is -2.24. The fourth-order valence-corrected chi connectivity index (χ4v) is 1.65. The lowest BCUT2D eigenvalue weighted by Gasteiger charge is -2.09. The normalized spacial score (nSPS) is 9.69. The average Bonchev–Trinajstić information content (AvgIpc) is 2.30. The van der Waals surface area contributed by atoms with Crippen molar-refractivity contribution in [2.24, 2.45) is 0 Å². The molecule has 0 saturated heterocycles. The molecule has 16 heavy (non-hydrogen) atoms. The van der Waals surface area contributed by atoms with Gasteiger partial charge in [-0.15, -0.1) is 0 Å². The van der Waals surface area contributed by atoms with Crippen LogP contribution in [0.4, 0.5) is 5.69 Å². The molecule has 0 aromatic heterocycles. The summed E-state index contributed by atoms with van der Waals surface area (Å²) in [4.78, 5) is 22.2. The van der Waals surface area contributed by atoms with Crippen LogP contribution >= 0.6 is 15.9 Å². The van der Waals surface area contributed by atoms with Gasteiger partial charge in [0.1, 0.15) is 0 Å². The number of amides is 1. The molecule has 4 nitrogen and oxygen atoms in total. The van der Waals surface area contributed by atoms with Gasteiger partial charge in [-0.05, 0) is 30.2 Å². The standard InChI is InChI=1S/C11H12BrNO3/c1-3-7-6-8(12)4-5-9(7)13-10(14)11(15)16-2/h4-6H,3H2,1-2H3,(H,13,14). The van der Waals surface area contributed by atoms with E-state index in [0.717, 1.165) is 16.5 Å². The zero-order valence-electron chi connectivity index (χ0n) is 9.04. The van der Waals surface area contributed by atoms with Crippen LogP contribution in [0.15, 0.2) is 22.7 Å². The molecule has 0 saturated carbocycles. The van der Waals surface area contributed by atoms with Crippen molar-refractivity contribution in [3.63, 3.8) is 0 Å². The van der Waals surface area contributed by atoms with E-state index in [1.807, 2.05) is 13.0 Å². The number of esters is 1. The highest BCUT2D eigenvalue weighted by Crippen LogP contribution is 2.21. The van der Waals surface area contributed by atoms with Crippen molar-refractivity contribution in [2.45, 2.75) is 13.3 Å². The number of hydrogen-bond donors (Lipinski definition) is 1. The highest BCUT2D eigenvalue weighted by molar-refractivity contribution is 9.10. The lowest BCUT2D eigenvalue weighted by atomic mass is 10.1. The second-order valence-corrected chi connectivity index (χ2v) is 4.02. The molecule has 1 amide bonds. The molecule has 0 bridgehead atoms. The molecule has 0 spiro atoms. The van der Waals surface area contributed by atoms with Gasteiger partial charge in [-0.1, -0.05) is 22.9 Å². The Hall–Kier alpha value is -1.36. The minimum atomic E-state index is -0.898. The van der Waals surface area contributed by atoms with Crippen LogP contribution in [-0.4, -0.2) is 19.0 Å². The topological polar surface area (TPSA) is 55.4 Å². The summed E-state index contributed by atoms with van der Waals surface area (Å²) in [6, 6.07) is 5.43. The molecule has 0 unspecified atom stereocenters. The molecule has 1 N–H and O–H groups in total. The van der Waals surface area contributed by atoms with Gasteiger partial charge in [-0.2, -0.15) is 0 Å². The van der Waals surface area contributed by atoms with Crippen LogP contribution in [0.3, 0.4) is 0 Å². The minimum Gasteiger partial charge on any atom is -0.462 e. The lowest BCUT2D eigenvalue weighted by molar-refractivity contribution is -0.150. The number of halogens is 1. The van der Waals surface area contributed by atoms with Crippen LogP contribution in [0.2, 0.25) is 0 Å². The van der Waals surface area contributed by atoms with Gasteiger partial charge in [0.05, 0.1) is 7.11 Å². The van der Waals surface area contributed by atoms with Gasteiger partial charge in [-0.3, -0.25) is 4.79 Å². The summed E-state index contributed by atoms with van der Waals surface area (Å²) in [6.45, 7) is 1.97. The summed E-state index contributed by atoms with van der Waals surface area (Å²) in [7, 11) is 1.17. The average molecular weight is 286 g/mol. The maximum absolute atomic E-state index is 11.3. The number of anilines is 1. The van der Waals surface area contributed by atoms with Crippen molar-refractivity contribution in [3.8, 4) is 0 Å². The van der Waals surface area contributed by atoms with Gasteiger partial charge in [0.2, 0.25) is 0 Å². The highest BCUT2D eigenvalue weighted by Gasteiger charge is 2.15. The largest absolute Gasteiger partial charge is 0.462 e. The Kier molecular flexibility index (Phi) is 4.49. The number of nitrogens with one attached hydrogen (secondary N) is 1. The molecule has 0 radical (unpaired) electrons.